The fraction of sp³-hybridized carbons (Fsp3) is 0.231. The third-order valence-corrected chi connectivity index (χ3v) is 6.98. The normalized spacial score (nSPS) is 17.8. The molecule has 5 nitrogen and oxygen atoms in total. The van der Waals surface area contributed by atoms with Gasteiger partial charge in [0.2, 0.25) is 0 Å². The molecule has 34 heavy (non-hydrogen) atoms. The molecule has 0 spiro atoms. The van der Waals surface area contributed by atoms with Crippen molar-refractivity contribution in [2.75, 3.05) is 18.5 Å². The second-order valence-electron chi connectivity index (χ2n) is 8.05. The van der Waals surface area contributed by atoms with Crippen LogP contribution in [-0.2, 0) is 0 Å². The van der Waals surface area contributed by atoms with Crippen LogP contribution >= 0.6 is 45.8 Å². The Morgan fingerprint density at radius 2 is 1.71 bits per heavy atom. The number of aliphatic imine (C=N–C) groups is 1. The van der Waals surface area contributed by atoms with Gasteiger partial charge in [0.15, 0.2) is 0 Å². The highest BCUT2D eigenvalue weighted by molar-refractivity contribution is 14.1. The number of rotatable bonds is 6. The molecule has 2 N–H and O–H groups in total. The summed E-state index contributed by atoms with van der Waals surface area (Å²) < 4.78 is 0.967. The number of hydrogen-bond acceptors (Lipinski definition) is 3. The molecule has 0 saturated heterocycles. The van der Waals surface area contributed by atoms with E-state index in [0.29, 0.717) is 40.1 Å². The molecule has 3 aromatic rings. The monoisotopic (exact) mass is 607 g/mol. The van der Waals surface area contributed by atoms with Crippen LogP contribution in [0.1, 0.15) is 46.9 Å². The van der Waals surface area contributed by atoms with E-state index in [1.165, 1.54) is 0 Å². The zero-order valence-corrected chi connectivity index (χ0v) is 22.2. The van der Waals surface area contributed by atoms with Gasteiger partial charge in [0.25, 0.3) is 5.91 Å². The third kappa shape index (κ3) is 5.40. The lowest BCUT2D eigenvalue weighted by atomic mass is 9.98. The summed E-state index contributed by atoms with van der Waals surface area (Å²) in [5.74, 6) is 0.542. The maximum Gasteiger partial charge on any atom is 0.257 e. The number of benzene rings is 3. The summed E-state index contributed by atoms with van der Waals surface area (Å²) in [6.07, 6.45) is 0.527. The summed E-state index contributed by atoms with van der Waals surface area (Å²) in [6.45, 7) is 2.48. The Hall–Kier alpha value is -2.13. The van der Waals surface area contributed by atoms with Gasteiger partial charge < -0.3 is 15.3 Å². The predicted octanol–water partition coefficient (Wildman–Crippen LogP) is 6.75. The number of aliphatic hydroxyl groups excluding tert-OH is 1. The van der Waals surface area contributed by atoms with Gasteiger partial charge in [-0.2, -0.15) is 0 Å². The number of aliphatic hydroxyl groups is 1. The van der Waals surface area contributed by atoms with Crippen LogP contribution in [0.15, 0.2) is 71.7 Å². The van der Waals surface area contributed by atoms with Crippen molar-refractivity contribution in [1.82, 2.24) is 4.90 Å². The highest BCUT2D eigenvalue weighted by Crippen LogP contribution is 2.38. The fourth-order valence-corrected chi connectivity index (χ4v) is 4.80. The van der Waals surface area contributed by atoms with Crippen LogP contribution in [-0.4, -0.2) is 34.9 Å². The van der Waals surface area contributed by atoms with Crippen molar-refractivity contribution in [1.29, 1.82) is 0 Å². The Bertz CT molecular complexity index is 1200. The van der Waals surface area contributed by atoms with Gasteiger partial charge in [0.1, 0.15) is 11.9 Å². The standard InChI is InChI=1S/C26H24Cl2IN3O2/c1-16(17-3-7-19(27)8-4-17)32-24(18-5-9-20(28)10-6-18)25(30-13-2-14-33)31-23-12-11-21(29)15-22(23)26(32)34/h3-12,15-16,24,33H,2,13-14H2,1H3,(H,30,31)/t16-,24?/m1/s1. The van der Waals surface area contributed by atoms with Crippen LogP contribution in [0.25, 0.3) is 0 Å². The van der Waals surface area contributed by atoms with Gasteiger partial charge in [0, 0.05) is 26.8 Å². The number of nitrogens with one attached hydrogen (secondary N) is 1. The summed E-state index contributed by atoms with van der Waals surface area (Å²) in [6, 6.07) is 20.0. The molecule has 176 valence electrons. The molecule has 3 aromatic carbocycles. The average Bonchev–Trinajstić information content (AvgIpc) is 2.94. The van der Waals surface area contributed by atoms with Crippen LogP contribution < -0.4 is 5.32 Å². The van der Waals surface area contributed by atoms with E-state index in [4.69, 9.17) is 28.2 Å². The van der Waals surface area contributed by atoms with Crippen LogP contribution in [0.3, 0.4) is 0 Å². The minimum Gasteiger partial charge on any atom is -0.396 e. The molecular weight excluding hydrogens is 584 g/mol. The van der Waals surface area contributed by atoms with Crippen molar-refractivity contribution >= 4 is 63.2 Å². The average molecular weight is 608 g/mol. The van der Waals surface area contributed by atoms with E-state index in [-0.39, 0.29) is 18.6 Å². The molecule has 1 aliphatic heterocycles. The van der Waals surface area contributed by atoms with E-state index in [1.807, 2.05) is 78.6 Å². The Kier molecular flexibility index (Phi) is 8.14. The number of fused-ring (bicyclic) bond motifs is 1. The number of nitrogens with zero attached hydrogens (tertiary/aromatic N) is 2. The maximum absolute atomic E-state index is 14.1. The number of carbonyl (C=O) groups excluding carboxylic acids is 1. The third-order valence-electron chi connectivity index (χ3n) is 5.80. The quantitative estimate of drug-likeness (QED) is 0.241. The van der Waals surface area contributed by atoms with E-state index >= 15 is 0 Å². The van der Waals surface area contributed by atoms with Gasteiger partial charge in [-0.25, -0.2) is 0 Å². The van der Waals surface area contributed by atoms with E-state index in [1.54, 1.807) is 0 Å². The lowest BCUT2D eigenvalue weighted by Gasteiger charge is -2.36. The van der Waals surface area contributed by atoms with Gasteiger partial charge in [-0.15, -0.1) is 0 Å². The van der Waals surface area contributed by atoms with Crippen LogP contribution in [0.2, 0.25) is 10.0 Å². The van der Waals surface area contributed by atoms with Crippen molar-refractivity contribution in [3.63, 3.8) is 0 Å². The molecule has 4 rings (SSSR count). The van der Waals surface area contributed by atoms with Crippen molar-refractivity contribution < 1.29 is 9.90 Å². The van der Waals surface area contributed by atoms with Crippen molar-refractivity contribution in [3.8, 4) is 0 Å². The van der Waals surface area contributed by atoms with Crippen molar-refractivity contribution in [2.24, 2.45) is 4.99 Å². The number of amidine groups is 1. The van der Waals surface area contributed by atoms with E-state index in [9.17, 15) is 9.90 Å². The van der Waals surface area contributed by atoms with Crippen LogP contribution in [0.4, 0.5) is 5.69 Å². The lowest BCUT2D eigenvalue weighted by Crippen LogP contribution is -2.40. The zero-order chi connectivity index (χ0) is 24.2. The Morgan fingerprint density at radius 3 is 2.35 bits per heavy atom. The Morgan fingerprint density at radius 1 is 1.06 bits per heavy atom. The first-order chi connectivity index (χ1) is 16.4. The van der Waals surface area contributed by atoms with Crippen LogP contribution in [0, 0.1) is 3.57 Å². The summed E-state index contributed by atoms with van der Waals surface area (Å²) in [7, 11) is 0. The first-order valence-corrected chi connectivity index (χ1v) is 12.8. The number of amides is 1. The molecule has 0 saturated carbocycles. The predicted molar refractivity (Wildman–Crippen MR) is 147 cm³/mol. The topological polar surface area (TPSA) is 64.9 Å². The summed E-state index contributed by atoms with van der Waals surface area (Å²) in [5.41, 5.74) is 3.13. The first-order valence-electron chi connectivity index (χ1n) is 10.9. The highest BCUT2D eigenvalue weighted by Gasteiger charge is 2.38. The van der Waals surface area contributed by atoms with Gasteiger partial charge >= 0.3 is 0 Å². The van der Waals surface area contributed by atoms with E-state index < -0.39 is 6.04 Å². The maximum atomic E-state index is 14.1. The minimum absolute atomic E-state index is 0.0427. The molecule has 1 aliphatic rings. The van der Waals surface area contributed by atoms with E-state index in [0.717, 1.165) is 14.7 Å². The second-order valence-corrected chi connectivity index (χ2v) is 10.2. The molecule has 1 unspecified atom stereocenters. The molecule has 8 heteroatoms. The molecule has 1 amide bonds. The first kappa shape index (κ1) is 25.0. The Balaban J connectivity index is 1.92. The Labute approximate surface area is 222 Å². The van der Waals surface area contributed by atoms with Gasteiger partial charge in [-0.05, 0) is 89.5 Å². The number of anilines is 1. The summed E-state index contributed by atoms with van der Waals surface area (Å²) in [4.78, 5) is 20.8. The summed E-state index contributed by atoms with van der Waals surface area (Å²) >= 11 is 14.5. The second kappa shape index (κ2) is 11.1. The molecule has 0 aromatic heterocycles. The summed E-state index contributed by atoms with van der Waals surface area (Å²) in [5, 5.41) is 14.0. The number of halogens is 3. The number of hydrogen-bond donors (Lipinski definition) is 2. The van der Waals surface area contributed by atoms with Gasteiger partial charge in [-0.1, -0.05) is 47.5 Å². The molecule has 1 heterocycles. The smallest absolute Gasteiger partial charge is 0.257 e. The highest BCUT2D eigenvalue weighted by atomic mass is 127. The fourth-order valence-electron chi connectivity index (χ4n) is 4.06. The van der Waals surface area contributed by atoms with Crippen molar-refractivity contribution in [3.05, 3.63) is 97.0 Å². The van der Waals surface area contributed by atoms with E-state index in [2.05, 4.69) is 27.9 Å². The van der Waals surface area contributed by atoms with Gasteiger partial charge in [0.05, 0.1) is 17.3 Å². The molecule has 0 radical (unpaired) electrons. The molecular formula is C26H24Cl2IN3O2. The van der Waals surface area contributed by atoms with Crippen LogP contribution in [0.5, 0.6) is 0 Å². The lowest BCUT2D eigenvalue weighted by molar-refractivity contribution is 0.0652. The molecule has 0 bridgehead atoms. The zero-order valence-electron chi connectivity index (χ0n) is 18.5. The van der Waals surface area contributed by atoms with Crippen molar-refractivity contribution in [2.45, 2.75) is 25.4 Å². The van der Waals surface area contributed by atoms with Gasteiger partial charge in [-0.3, -0.25) is 9.79 Å². The largest absolute Gasteiger partial charge is 0.396 e. The number of carbonyl (C=O) groups is 1. The molecule has 0 fully saturated rings. The SMILES string of the molecule is C[C@H](c1ccc(Cl)cc1)N1C(=O)c2cc(I)ccc2NC(=NCCCO)C1c1ccc(Cl)cc1. The molecule has 2 atom stereocenters. The minimum atomic E-state index is -0.487. The molecule has 0 aliphatic carbocycles.